The van der Waals surface area contributed by atoms with Gasteiger partial charge in [0.25, 0.3) is 0 Å². The fourth-order valence-corrected chi connectivity index (χ4v) is 0.795. The van der Waals surface area contributed by atoms with Crippen molar-refractivity contribution in [3.05, 3.63) is 18.2 Å². The molecule has 0 aliphatic rings. The van der Waals surface area contributed by atoms with Gasteiger partial charge in [-0.15, -0.1) is 0 Å². The third-order valence-electron chi connectivity index (χ3n) is 1.14. The van der Waals surface area contributed by atoms with E-state index in [0.29, 0.717) is 0 Å². The van der Waals surface area contributed by atoms with E-state index in [9.17, 15) is 12.8 Å². The summed E-state index contributed by atoms with van der Waals surface area (Å²) in [5.74, 6) is -0.652. The van der Waals surface area contributed by atoms with E-state index in [1.54, 1.807) is 0 Å². The smallest absolute Gasteiger partial charge is 0.238 e. The lowest BCUT2D eigenvalue weighted by atomic mass is 10.6. The second kappa shape index (κ2) is 3.44. The fraction of sp³-hybridized carbons (Fsp3) is 0.200. The first kappa shape index (κ1) is 8.85. The van der Waals surface area contributed by atoms with Gasteiger partial charge in [-0.05, 0) is 0 Å². The Kier molecular flexibility index (Phi) is 2.54. The summed E-state index contributed by atoms with van der Waals surface area (Å²) >= 11 is 0. The zero-order valence-corrected chi connectivity index (χ0v) is 7.03. The Labute approximate surface area is 70.0 Å². The van der Waals surface area contributed by atoms with Gasteiger partial charge in [-0.1, -0.05) is 0 Å². The van der Waals surface area contributed by atoms with Gasteiger partial charge in [0, 0.05) is 7.05 Å². The number of anilines is 1. The van der Waals surface area contributed by atoms with Crippen LogP contribution in [0.3, 0.4) is 0 Å². The summed E-state index contributed by atoms with van der Waals surface area (Å²) in [6.07, 6.45) is 1.80. The number of hydrogen-bond acceptors (Lipinski definition) is 4. The quantitative estimate of drug-likeness (QED) is 0.645. The number of nitrogens with zero attached hydrogens (tertiary/aromatic N) is 3. The summed E-state index contributed by atoms with van der Waals surface area (Å²) in [4.78, 5) is 6.91. The summed E-state index contributed by atoms with van der Waals surface area (Å²) in [6.45, 7) is 0. The van der Waals surface area contributed by atoms with Crippen LogP contribution in [0, 0.1) is 5.82 Å². The molecule has 7 heteroatoms. The predicted octanol–water partition coefficient (Wildman–Crippen LogP) is -0.422. The van der Waals surface area contributed by atoms with Crippen LogP contribution in [-0.2, 0) is 10.9 Å². The largest absolute Gasteiger partial charge is 0.243 e. The summed E-state index contributed by atoms with van der Waals surface area (Å²) in [5, 5.41) is 0. The molecule has 66 valence electrons. The molecule has 0 amide bonds. The van der Waals surface area contributed by atoms with Crippen molar-refractivity contribution in [3.63, 3.8) is 0 Å². The maximum atomic E-state index is 12.3. The Bertz CT molecular complexity index is 329. The van der Waals surface area contributed by atoms with Crippen LogP contribution in [0.1, 0.15) is 0 Å². The van der Waals surface area contributed by atoms with Crippen LogP contribution in [0.4, 0.5) is 10.3 Å². The van der Waals surface area contributed by atoms with Crippen molar-refractivity contribution in [3.8, 4) is 0 Å². The van der Waals surface area contributed by atoms with Crippen molar-refractivity contribution in [1.29, 1.82) is 0 Å². The molecule has 1 heterocycles. The van der Waals surface area contributed by atoms with E-state index >= 15 is 0 Å². The third kappa shape index (κ3) is 1.88. The standard InChI is InChI=1S/C5H6FN3O2S/c1-9(12(10)11)5-7-2-4(6)3-8-5/h2-3,12H,1H3. The molecule has 0 fully saturated rings. The van der Waals surface area contributed by atoms with Gasteiger partial charge < -0.3 is 0 Å². The number of rotatable bonds is 2. The van der Waals surface area contributed by atoms with Crippen molar-refractivity contribution in [2.45, 2.75) is 0 Å². The lowest BCUT2D eigenvalue weighted by Crippen LogP contribution is -2.16. The van der Waals surface area contributed by atoms with Crippen LogP contribution < -0.4 is 4.31 Å². The molecule has 0 saturated heterocycles. The van der Waals surface area contributed by atoms with Crippen molar-refractivity contribution in [2.75, 3.05) is 11.4 Å². The Morgan fingerprint density at radius 3 is 2.33 bits per heavy atom. The molecule has 0 radical (unpaired) electrons. The molecule has 0 atom stereocenters. The first-order valence-electron chi connectivity index (χ1n) is 2.97. The number of aromatic nitrogens is 2. The van der Waals surface area contributed by atoms with Crippen LogP contribution in [0.15, 0.2) is 12.4 Å². The topological polar surface area (TPSA) is 63.2 Å². The SMILES string of the molecule is CN(c1ncc(F)cn1)[SH](=O)=O. The van der Waals surface area contributed by atoms with E-state index in [1.807, 2.05) is 0 Å². The molecule has 0 saturated carbocycles. The average molecular weight is 191 g/mol. The van der Waals surface area contributed by atoms with E-state index in [2.05, 4.69) is 9.97 Å². The number of hydrogen-bond donors (Lipinski definition) is 1. The number of thiol groups is 1. The zero-order valence-electron chi connectivity index (χ0n) is 6.14. The Balaban J connectivity index is 2.97. The van der Waals surface area contributed by atoms with Crippen molar-refractivity contribution >= 4 is 16.8 Å². The minimum Gasteiger partial charge on any atom is -0.243 e. The highest BCUT2D eigenvalue weighted by Gasteiger charge is 2.04. The average Bonchev–Trinajstić information content (AvgIpc) is 2.04. The van der Waals surface area contributed by atoms with Crippen LogP contribution >= 0.6 is 0 Å². The molecule has 0 N–H and O–H groups in total. The zero-order chi connectivity index (χ0) is 9.14. The molecule has 1 aromatic heterocycles. The Hall–Kier alpha value is -1.24. The van der Waals surface area contributed by atoms with E-state index in [-0.39, 0.29) is 5.95 Å². The fourth-order valence-electron chi connectivity index (χ4n) is 0.546. The molecular formula is C5H6FN3O2S. The lowest BCUT2D eigenvalue weighted by molar-refractivity contribution is 0.606. The first-order valence-corrected chi connectivity index (χ1v) is 4.10. The van der Waals surface area contributed by atoms with E-state index in [0.717, 1.165) is 16.7 Å². The minimum absolute atomic E-state index is 0.0486. The van der Waals surface area contributed by atoms with Crippen molar-refractivity contribution in [2.24, 2.45) is 0 Å². The second-order valence-corrected chi connectivity index (χ2v) is 3.04. The molecule has 0 unspecified atom stereocenters. The molecular weight excluding hydrogens is 185 g/mol. The number of halogens is 1. The Morgan fingerprint density at radius 2 is 1.92 bits per heavy atom. The Morgan fingerprint density at radius 1 is 1.42 bits per heavy atom. The van der Waals surface area contributed by atoms with E-state index in [4.69, 9.17) is 0 Å². The molecule has 12 heavy (non-hydrogen) atoms. The molecule has 0 spiro atoms. The molecule has 0 aliphatic carbocycles. The lowest BCUT2D eigenvalue weighted by Gasteiger charge is -2.06. The monoisotopic (exact) mass is 191 g/mol. The highest BCUT2D eigenvalue weighted by Crippen LogP contribution is 2.02. The molecule has 1 rings (SSSR count). The normalized spacial score (nSPS) is 10.2. The summed E-state index contributed by atoms with van der Waals surface area (Å²) in [7, 11) is -1.48. The van der Waals surface area contributed by atoms with Gasteiger partial charge in [-0.25, -0.2) is 27.1 Å². The van der Waals surface area contributed by atoms with E-state index in [1.165, 1.54) is 7.05 Å². The molecule has 0 aliphatic heterocycles. The maximum Gasteiger partial charge on any atom is 0.238 e. The summed E-state index contributed by atoms with van der Waals surface area (Å²) in [5.41, 5.74) is 0. The van der Waals surface area contributed by atoms with Crippen molar-refractivity contribution in [1.82, 2.24) is 9.97 Å². The first-order chi connectivity index (χ1) is 5.61. The highest BCUT2D eigenvalue weighted by molar-refractivity contribution is 7.74. The van der Waals surface area contributed by atoms with Gasteiger partial charge in [-0.2, -0.15) is 0 Å². The molecule has 5 nitrogen and oxygen atoms in total. The van der Waals surface area contributed by atoms with Crippen LogP contribution in [-0.4, -0.2) is 25.4 Å². The van der Waals surface area contributed by atoms with Crippen LogP contribution in [0.5, 0.6) is 0 Å². The van der Waals surface area contributed by atoms with Gasteiger partial charge in [-0.3, -0.25) is 0 Å². The summed E-state index contributed by atoms with van der Waals surface area (Å²) < 4.78 is 33.8. The molecule has 0 aromatic carbocycles. The maximum absolute atomic E-state index is 12.3. The van der Waals surface area contributed by atoms with Crippen LogP contribution in [0.25, 0.3) is 0 Å². The van der Waals surface area contributed by atoms with Crippen molar-refractivity contribution < 1.29 is 12.8 Å². The molecule has 1 aromatic rings. The third-order valence-corrected chi connectivity index (χ3v) is 1.81. The predicted molar refractivity (Wildman–Crippen MR) is 40.7 cm³/mol. The van der Waals surface area contributed by atoms with Gasteiger partial charge in [0.2, 0.25) is 16.8 Å². The van der Waals surface area contributed by atoms with Gasteiger partial charge >= 0.3 is 0 Å². The van der Waals surface area contributed by atoms with E-state index < -0.39 is 16.7 Å². The van der Waals surface area contributed by atoms with Gasteiger partial charge in [0.15, 0.2) is 5.82 Å². The van der Waals surface area contributed by atoms with Crippen LogP contribution in [0.2, 0.25) is 0 Å². The second-order valence-electron chi connectivity index (χ2n) is 1.96. The van der Waals surface area contributed by atoms with Gasteiger partial charge in [0.1, 0.15) is 0 Å². The molecule has 0 bridgehead atoms. The highest BCUT2D eigenvalue weighted by atomic mass is 32.2. The minimum atomic E-state index is -2.76. The van der Waals surface area contributed by atoms with Gasteiger partial charge in [0.05, 0.1) is 12.4 Å². The summed E-state index contributed by atoms with van der Waals surface area (Å²) in [6, 6.07) is 0.